The highest BCUT2D eigenvalue weighted by atomic mass is 32.1. The van der Waals surface area contributed by atoms with Crippen LogP contribution in [0, 0.1) is 6.92 Å². The minimum atomic E-state index is -0.0350. The van der Waals surface area contributed by atoms with E-state index >= 15 is 0 Å². The zero-order chi connectivity index (χ0) is 12.3. The lowest BCUT2D eigenvalue weighted by Gasteiger charge is -2.21. The van der Waals surface area contributed by atoms with Crippen molar-refractivity contribution in [2.45, 2.75) is 25.8 Å². The lowest BCUT2D eigenvalue weighted by Crippen LogP contribution is -2.36. The van der Waals surface area contributed by atoms with Gasteiger partial charge in [0.05, 0.1) is 23.4 Å². The third kappa shape index (κ3) is 2.92. The van der Waals surface area contributed by atoms with E-state index in [9.17, 15) is 4.79 Å². The van der Waals surface area contributed by atoms with Crippen molar-refractivity contribution < 1.29 is 9.90 Å². The number of carbonyl (C=O) groups excluding carboxylic acids is 1. The van der Waals surface area contributed by atoms with Crippen LogP contribution in [0.5, 0.6) is 0 Å². The van der Waals surface area contributed by atoms with Crippen LogP contribution in [-0.4, -0.2) is 40.1 Å². The molecule has 1 aliphatic heterocycles. The van der Waals surface area contributed by atoms with Crippen LogP contribution in [0.25, 0.3) is 6.08 Å². The highest BCUT2D eigenvalue weighted by Crippen LogP contribution is 2.17. The quantitative estimate of drug-likeness (QED) is 0.828. The number of hydrogen-bond donors (Lipinski definition) is 1. The van der Waals surface area contributed by atoms with Gasteiger partial charge in [0.2, 0.25) is 5.91 Å². The molecular weight excluding hydrogens is 236 g/mol. The number of likely N-dealkylation sites (tertiary alicyclic amines) is 1. The largest absolute Gasteiger partial charge is 0.394 e. The smallest absolute Gasteiger partial charge is 0.246 e. The molecule has 92 valence electrons. The zero-order valence-corrected chi connectivity index (χ0v) is 10.6. The van der Waals surface area contributed by atoms with Crippen molar-refractivity contribution in [1.82, 2.24) is 9.88 Å². The van der Waals surface area contributed by atoms with Crippen LogP contribution in [-0.2, 0) is 4.79 Å². The van der Waals surface area contributed by atoms with Crippen LogP contribution in [0.2, 0.25) is 0 Å². The first-order valence-corrected chi connectivity index (χ1v) is 6.60. The summed E-state index contributed by atoms with van der Waals surface area (Å²) in [5.74, 6) is -0.0350. The second-order valence-electron chi connectivity index (χ2n) is 4.13. The van der Waals surface area contributed by atoms with Crippen molar-refractivity contribution >= 4 is 23.3 Å². The molecule has 4 nitrogen and oxygen atoms in total. The molecule has 2 heterocycles. The van der Waals surface area contributed by atoms with Crippen LogP contribution in [0.3, 0.4) is 0 Å². The Morgan fingerprint density at radius 3 is 3.24 bits per heavy atom. The molecular formula is C12H16N2O2S. The normalized spacial score (nSPS) is 20.4. The summed E-state index contributed by atoms with van der Waals surface area (Å²) < 4.78 is 0. The molecule has 17 heavy (non-hydrogen) atoms. The maximum absolute atomic E-state index is 11.9. The number of aliphatic hydroxyl groups is 1. The van der Waals surface area contributed by atoms with Gasteiger partial charge in [0, 0.05) is 18.0 Å². The second kappa shape index (κ2) is 5.42. The molecule has 1 aliphatic rings. The third-order valence-corrected chi connectivity index (χ3v) is 3.70. The molecule has 0 radical (unpaired) electrons. The fourth-order valence-electron chi connectivity index (χ4n) is 2.02. The van der Waals surface area contributed by atoms with Gasteiger partial charge in [-0.25, -0.2) is 4.98 Å². The van der Waals surface area contributed by atoms with E-state index in [-0.39, 0.29) is 18.6 Å². The first-order chi connectivity index (χ1) is 8.20. The van der Waals surface area contributed by atoms with E-state index in [1.54, 1.807) is 28.4 Å². The average molecular weight is 252 g/mol. The maximum atomic E-state index is 11.9. The summed E-state index contributed by atoms with van der Waals surface area (Å²) in [6.07, 6.45) is 5.15. The van der Waals surface area contributed by atoms with E-state index in [0.717, 1.165) is 30.1 Å². The number of amides is 1. The molecule has 1 atom stereocenters. The van der Waals surface area contributed by atoms with Crippen molar-refractivity contribution in [3.8, 4) is 0 Å². The average Bonchev–Trinajstić information content (AvgIpc) is 2.94. The van der Waals surface area contributed by atoms with Crippen molar-refractivity contribution in [3.05, 3.63) is 22.2 Å². The second-order valence-corrected chi connectivity index (χ2v) is 5.20. The van der Waals surface area contributed by atoms with E-state index < -0.39 is 0 Å². The minimum absolute atomic E-state index is 0.00989. The summed E-state index contributed by atoms with van der Waals surface area (Å²) >= 11 is 1.57. The van der Waals surface area contributed by atoms with Crippen LogP contribution in [0.4, 0.5) is 0 Å². The predicted octanol–water partition coefficient (Wildman–Crippen LogP) is 1.45. The molecule has 1 N–H and O–H groups in total. The fourth-order valence-corrected chi connectivity index (χ4v) is 2.61. The Labute approximate surface area is 105 Å². The highest BCUT2D eigenvalue weighted by Gasteiger charge is 2.26. The number of rotatable bonds is 3. The predicted molar refractivity (Wildman–Crippen MR) is 67.7 cm³/mol. The summed E-state index contributed by atoms with van der Waals surface area (Å²) in [4.78, 5) is 17.9. The van der Waals surface area contributed by atoms with E-state index in [1.165, 1.54) is 0 Å². The lowest BCUT2D eigenvalue weighted by molar-refractivity contribution is -0.127. The molecule has 1 unspecified atom stereocenters. The Hall–Kier alpha value is -1.20. The Morgan fingerprint density at radius 1 is 1.76 bits per heavy atom. The van der Waals surface area contributed by atoms with Crippen molar-refractivity contribution in [3.63, 3.8) is 0 Å². The molecule has 1 aromatic heterocycles. The Balaban J connectivity index is 1.99. The number of aliphatic hydroxyl groups excluding tert-OH is 1. The van der Waals surface area contributed by atoms with Gasteiger partial charge in [-0.05, 0) is 25.8 Å². The zero-order valence-electron chi connectivity index (χ0n) is 9.80. The Kier molecular flexibility index (Phi) is 3.91. The molecule has 1 amide bonds. The minimum Gasteiger partial charge on any atom is -0.394 e. The number of nitrogens with zero attached hydrogens (tertiary/aromatic N) is 2. The molecule has 0 spiro atoms. The Bertz CT molecular complexity index is 428. The molecule has 0 aromatic carbocycles. The van der Waals surface area contributed by atoms with Crippen LogP contribution >= 0.6 is 11.3 Å². The summed E-state index contributed by atoms with van der Waals surface area (Å²) in [5, 5.41) is 12.1. The highest BCUT2D eigenvalue weighted by molar-refractivity contribution is 7.09. The molecule has 1 aromatic rings. The van der Waals surface area contributed by atoms with Crippen LogP contribution < -0.4 is 0 Å². The topological polar surface area (TPSA) is 53.4 Å². The molecule has 0 bridgehead atoms. The van der Waals surface area contributed by atoms with Gasteiger partial charge >= 0.3 is 0 Å². The maximum Gasteiger partial charge on any atom is 0.246 e. The number of aryl methyl sites for hydroxylation is 1. The van der Waals surface area contributed by atoms with Crippen molar-refractivity contribution in [2.75, 3.05) is 13.2 Å². The number of aromatic nitrogens is 1. The van der Waals surface area contributed by atoms with E-state index in [1.807, 2.05) is 12.3 Å². The van der Waals surface area contributed by atoms with Gasteiger partial charge in [0.25, 0.3) is 0 Å². The standard InChI is InChI=1S/C12H16N2O2S/c1-9-13-10(8-17-9)4-5-12(16)14-6-2-3-11(14)7-15/h4-5,8,11,15H,2-3,6-7H2,1H3. The molecule has 1 saturated heterocycles. The summed E-state index contributed by atoms with van der Waals surface area (Å²) in [5.41, 5.74) is 0.820. The van der Waals surface area contributed by atoms with Crippen molar-refractivity contribution in [2.24, 2.45) is 0 Å². The van der Waals surface area contributed by atoms with Gasteiger partial charge < -0.3 is 10.0 Å². The molecule has 5 heteroatoms. The van der Waals surface area contributed by atoms with Crippen LogP contribution in [0.1, 0.15) is 23.5 Å². The van der Waals surface area contributed by atoms with Gasteiger partial charge in [0.1, 0.15) is 0 Å². The number of carbonyl (C=O) groups is 1. The fraction of sp³-hybridized carbons (Fsp3) is 0.500. The van der Waals surface area contributed by atoms with Crippen LogP contribution in [0.15, 0.2) is 11.5 Å². The van der Waals surface area contributed by atoms with Gasteiger partial charge in [-0.1, -0.05) is 0 Å². The van der Waals surface area contributed by atoms with Gasteiger partial charge in [-0.3, -0.25) is 4.79 Å². The first kappa shape index (κ1) is 12.3. The van der Waals surface area contributed by atoms with E-state index in [2.05, 4.69) is 4.98 Å². The van der Waals surface area contributed by atoms with Gasteiger partial charge in [0.15, 0.2) is 0 Å². The van der Waals surface area contributed by atoms with E-state index in [4.69, 9.17) is 5.11 Å². The Morgan fingerprint density at radius 2 is 2.59 bits per heavy atom. The van der Waals surface area contributed by atoms with E-state index in [0.29, 0.717) is 0 Å². The summed E-state index contributed by atoms with van der Waals surface area (Å²) in [6.45, 7) is 2.73. The monoisotopic (exact) mass is 252 g/mol. The summed E-state index contributed by atoms with van der Waals surface area (Å²) in [6, 6.07) is -0.00989. The molecule has 0 saturated carbocycles. The summed E-state index contributed by atoms with van der Waals surface area (Å²) in [7, 11) is 0. The third-order valence-electron chi connectivity index (χ3n) is 2.90. The molecule has 2 rings (SSSR count). The number of thiazole rings is 1. The van der Waals surface area contributed by atoms with Crippen molar-refractivity contribution in [1.29, 1.82) is 0 Å². The molecule has 1 fully saturated rings. The number of hydrogen-bond acceptors (Lipinski definition) is 4. The SMILES string of the molecule is Cc1nc(C=CC(=O)N2CCCC2CO)cs1. The molecule has 0 aliphatic carbocycles. The lowest BCUT2D eigenvalue weighted by atomic mass is 10.2. The van der Waals surface area contributed by atoms with Gasteiger partial charge in [-0.2, -0.15) is 0 Å². The first-order valence-electron chi connectivity index (χ1n) is 5.72. The van der Waals surface area contributed by atoms with Gasteiger partial charge in [-0.15, -0.1) is 11.3 Å².